The second-order valence-electron chi connectivity index (χ2n) is 7.63. The van der Waals surface area contributed by atoms with Crippen LogP contribution in [0.25, 0.3) is 48.0 Å². The maximum Gasteiger partial charge on any atom is 0.152 e. The van der Waals surface area contributed by atoms with Gasteiger partial charge in [-0.25, -0.2) is 4.98 Å². The third-order valence-electron chi connectivity index (χ3n) is 5.90. The Bertz CT molecular complexity index is 1610. The van der Waals surface area contributed by atoms with Crippen LogP contribution in [0.3, 0.4) is 0 Å². The van der Waals surface area contributed by atoms with Crippen LogP contribution in [0.15, 0.2) is 84.9 Å². The maximum atomic E-state index is 5.89. The van der Waals surface area contributed by atoms with Gasteiger partial charge in [-0.1, -0.05) is 42.5 Å². The standard InChI is InChI=1S/C26H16N2OS/c1-4-8-24-18(5-1)19-13-16(10-12-25(19)30-24)17-9-11-21-20(14-17)27-26-15-29-23-7-3-2-6-22(23)28(21)26/h1-14H,15H2. The van der Waals surface area contributed by atoms with Crippen LogP contribution in [0.1, 0.15) is 5.82 Å². The molecule has 0 saturated heterocycles. The van der Waals surface area contributed by atoms with E-state index in [2.05, 4.69) is 71.3 Å². The summed E-state index contributed by atoms with van der Waals surface area (Å²) in [6, 6.07) is 30.1. The third kappa shape index (κ3) is 2.22. The average molecular weight is 404 g/mol. The Morgan fingerprint density at radius 3 is 2.57 bits per heavy atom. The summed E-state index contributed by atoms with van der Waals surface area (Å²) in [4.78, 5) is 4.88. The number of ether oxygens (including phenoxy) is 1. The van der Waals surface area contributed by atoms with Crippen LogP contribution in [0.4, 0.5) is 0 Å². The molecule has 3 heterocycles. The highest BCUT2D eigenvalue weighted by Crippen LogP contribution is 2.38. The number of nitrogens with zero attached hydrogens (tertiary/aromatic N) is 2. The monoisotopic (exact) mass is 404 g/mol. The Balaban J connectivity index is 1.41. The molecule has 142 valence electrons. The van der Waals surface area contributed by atoms with Gasteiger partial charge in [-0.15, -0.1) is 11.3 Å². The molecule has 1 aliphatic heterocycles. The number of thiophene rings is 1. The van der Waals surface area contributed by atoms with Gasteiger partial charge >= 0.3 is 0 Å². The van der Waals surface area contributed by atoms with E-state index in [1.165, 1.54) is 31.3 Å². The number of hydrogen-bond acceptors (Lipinski definition) is 3. The lowest BCUT2D eigenvalue weighted by molar-refractivity contribution is 0.280. The lowest BCUT2D eigenvalue weighted by Gasteiger charge is -2.19. The van der Waals surface area contributed by atoms with Crippen LogP contribution in [0, 0.1) is 0 Å². The molecule has 4 aromatic carbocycles. The fourth-order valence-electron chi connectivity index (χ4n) is 4.49. The second-order valence-corrected chi connectivity index (χ2v) is 8.72. The Labute approximate surface area is 176 Å². The summed E-state index contributed by atoms with van der Waals surface area (Å²) in [6.45, 7) is 0.494. The predicted octanol–water partition coefficient (Wildman–Crippen LogP) is 6.95. The van der Waals surface area contributed by atoms with Gasteiger partial charge in [0.1, 0.15) is 12.4 Å². The Kier molecular flexibility index (Phi) is 3.21. The van der Waals surface area contributed by atoms with E-state index in [-0.39, 0.29) is 0 Å². The number of para-hydroxylation sites is 2. The molecule has 0 atom stereocenters. The van der Waals surface area contributed by atoms with Crippen molar-refractivity contribution in [1.82, 2.24) is 9.55 Å². The van der Waals surface area contributed by atoms with E-state index in [4.69, 9.17) is 9.72 Å². The zero-order chi connectivity index (χ0) is 19.7. The first-order valence-corrected chi connectivity index (χ1v) is 10.8. The van der Waals surface area contributed by atoms with E-state index in [0.29, 0.717) is 6.61 Å². The molecule has 0 aliphatic carbocycles. The van der Waals surface area contributed by atoms with Gasteiger partial charge in [0.15, 0.2) is 5.82 Å². The van der Waals surface area contributed by atoms with Crippen LogP contribution in [0.5, 0.6) is 5.75 Å². The van der Waals surface area contributed by atoms with Crippen LogP contribution in [-0.4, -0.2) is 9.55 Å². The van der Waals surface area contributed by atoms with Gasteiger partial charge < -0.3 is 4.74 Å². The number of imidazole rings is 1. The minimum atomic E-state index is 0.494. The highest BCUT2D eigenvalue weighted by molar-refractivity contribution is 7.25. The fourth-order valence-corrected chi connectivity index (χ4v) is 5.57. The fraction of sp³-hybridized carbons (Fsp3) is 0.0385. The molecule has 0 radical (unpaired) electrons. The Morgan fingerprint density at radius 2 is 1.57 bits per heavy atom. The van der Waals surface area contributed by atoms with Gasteiger partial charge in [0.25, 0.3) is 0 Å². The van der Waals surface area contributed by atoms with Gasteiger partial charge in [-0.3, -0.25) is 4.57 Å². The summed E-state index contributed by atoms with van der Waals surface area (Å²) >= 11 is 1.85. The minimum absolute atomic E-state index is 0.494. The first-order valence-electron chi connectivity index (χ1n) is 10.0. The van der Waals surface area contributed by atoms with Crippen molar-refractivity contribution in [2.24, 2.45) is 0 Å². The number of aromatic nitrogens is 2. The van der Waals surface area contributed by atoms with Crippen molar-refractivity contribution >= 4 is 42.5 Å². The van der Waals surface area contributed by atoms with Crippen molar-refractivity contribution in [3.63, 3.8) is 0 Å². The number of rotatable bonds is 1. The van der Waals surface area contributed by atoms with Crippen molar-refractivity contribution < 1.29 is 4.74 Å². The molecule has 6 aromatic rings. The van der Waals surface area contributed by atoms with E-state index >= 15 is 0 Å². The normalized spacial score (nSPS) is 12.8. The van der Waals surface area contributed by atoms with Crippen LogP contribution in [0.2, 0.25) is 0 Å². The van der Waals surface area contributed by atoms with Gasteiger partial charge in [-0.2, -0.15) is 0 Å². The summed E-state index contributed by atoms with van der Waals surface area (Å²) in [5, 5.41) is 2.64. The molecule has 0 fully saturated rings. The molecule has 0 saturated carbocycles. The van der Waals surface area contributed by atoms with Crippen molar-refractivity contribution in [3.8, 4) is 22.6 Å². The van der Waals surface area contributed by atoms with Gasteiger partial charge in [-0.05, 0) is 53.6 Å². The lowest BCUT2D eigenvalue weighted by atomic mass is 10.0. The molecule has 0 N–H and O–H groups in total. The first-order chi connectivity index (χ1) is 14.8. The SMILES string of the molecule is c1ccc2c(c1)OCc1nc3cc(-c4ccc5sc6ccccc6c5c4)ccc3n1-2. The quantitative estimate of drug-likeness (QED) is 0.296. The van der Waals surface area contributed by atoms with Gasteiger partial charge in [0, 0.05) is 20.2 Å². The molecule has 30 heavy (non-hydrogen) atoms. The number of hydrogen-bond donors (Lipinski definition) is 0. The van der Waals surface area contributed by atoms with Crippen molar-refractivity contribution in [2.75, 3.05) is 0 Å². The smallest absolute Gasteiger partial charge is 0.152 e. The molecule has 0 unspecified atom stereocenters. The van der Waals surface area contributed by atoms with Crippen molar-refractivity contribution in [1.29, 1.82) is 0 Å². The summed E-state index contributed by atoms with van der Waals surface area (Å²) in [5.41, 5.74) is 5.57. The maximum absolute atomic E-state index is 5.89. The summed E-state index contributed by atoms with van der Waals surface area (Å²) in [6.07, 6.45) is 0. The van der Waals surface area contributed by atoms with Gasteiger partial charge in [0.05, 0.1) is 16.7 Å². The van der Waals surface area contributed by atoms with E-state index < -0.39 is 0 Å². The zero-order valence-electron chi connectivity index (χ0n) is 16.0. The second kappa shape index (κ2) is 5.94. The molecule has 3 nitrogen and oxygen atoms in total. The molecule has 1 aliphatic rings. The summed E-state index contributed by atoms with van der Waals surface area (Å²) in [7, 11) is 0. The van der Waals surface area contributed by atoms with Gasteiger partial charge in [0.2, 0.25) is 0 Å². The first kappa shape index (κ1) is 16.2. The van der Waals surface area contributed by atoms with Crippen LogP contribution in [-0.2, 0) is 6.61 Å². The molecular formula is C26H16N2OS. The predicted molar refractivity (Wildman–Crippen MR) is 124 cm³/mol. The highest BCUT2D eigenvalue weighted by atomic mass is 32.1. The van der Waals surface area contributed by atoms with E-state index in [1.807, 2.05) is 29.5 Å². The molecule has 2 aromatic heterocycles. The van der Waals surface area contributed by atoms with E-state index in [0.717, 1.165) is 28.3 Å². The minimum Gasteiger partial charge on any atom is -0.483 e. The highest BCUT2D eigenvalue weighted by Gasteiger charge is 2.21. The van der Waals surface area contributed by atoms with Crippen LogP contribution < -0.4 is 4.74 Å². The van der Waals surface area contributed by atoms with Crippen molar-refractivity contribution in [3.05, 3.63) is 90.8 Å². The molecule has 0 amide bonds. The Morgan fingerprint density at radius 1 is 0.767 bits per heavy atom. The zero-order valence-corrected chi connectivity index (χ0v) is 16.8. The summed E-state index contributed by atoms with van der Waals surface area (Å²) < 4.78 is 10.8. The van der Waals surface area contributed by atoms with Crippen molar-refractivity contribution in [2.45, 2.75) is 6.61 Å². The number of fused-ring (bicyclic) bond motifs is 8. The number of benzene rings is 4. The average Bonchev–Trinajstić information content (AvgIpc) is 3.36. The molecule has 4 heteroatoms. The Hall–Kier alpha value is -3.63. The lowest BCUT2D eigenvalue weighted by Crippen LogP contribution is -2.12. The largest absolute Gasteiger partial charge is 0.483 e. The summed E-state index contributed by atoms with van der Waals surface area (Å²) in [5.74, 6) is 1.85. The molecular weight excluding hydrogens is 388 g/mol. The van der Waals surface area contributed by atoms with E-state index in [1.54, 1.807) is 0 Å². The third-order valence-corrected chi connectivity index (χ3v) is 7.05. The molecule has 0 bridgehead atoms. The molecule has 7 rings (SSSR count). The molecule has 0 spiro atoms. The van der Waals surface area contributed by atoms with Crippen LogP contribution >= 0.6 is 11.3 Å². The topological polar surface area (TPSA) is 27.1 Å². The van der Waals surface area contributed by atoms with E-state index in [9.17, 15) is 0 Å².